The summed E-state index contributed by atoms with van der Waals surface area (Å²) in [5.74, 6) is 0. The van der Waals surface area contributed by atoms with Crippen molar-refractivity contribution in [3.8, 4) is 0 Å². The standard InChI is InChI=1S/C18H27N3O4S/c1-13-6-10-16(11-7-13)26(23,24)20-19-14-8-9-15(12-14)25-17(22)21(5)18(2,3)4/h6-7,10-11,15,20H,8-9,12H2,1-5H3/b19-14-. The number of carbonyl (C=O) groups excluding carboxylic acids is 1. The number of sulfonamides is 1. The van der Waals surface area contributed by atoms with E-state index < -0.39 is 10.0 Å². The molecule has 1 N–H and O–H groups in total. The topological polar surface area (TPSA) is 88.1 Å². The number of rotatable bonds is 4. The Morgan fingerprint density at radius 1 is 1.27 bits per heavy atom. The van der Waals surface area contributed by atoms with Crippen LogP contribution in [0.4, 0.5) is 4.79 Å². The SMILES string of the molecule is Cc1ccc(S(=O)(=O)N/N=C2/CCC(OC(=O)N(C)C(C)(C)C)C2)cc1. The number of amides is 1. The Hall–Kier alpha value is -2.09. The van der Waals surface area contributed by atoms with Crippen molar-refractivity contribution in [2.24, 2.45) is 5.10 Å². The van der Waals surface area contributed by atoms with Gasteiger partial charge in [-0.1, -0.05) is 17.7 Å². The summed E-state index contributed by atoms with van der Waals surface area (Å²) in [6, 6.07) is 6.55. The Labute approximate surface area is 155 Å². The third-order valence-corrected chi connectivity index (χ3v) is 5.65. The number of ether oxygens (including phenoxy) is 1. The first kappa shape index (κ1) is 20.2. The predicted octanol–water partition coefficient (Wildman–Crippen LogP) is 3.05. The smallest absolute Gasteiger partial charge is 0.410 e. The number of benzene rings is 1. The summed E-state index contributed by atoms with van der Waals surface area (Å²) in [5.41, 5.74) is 1.34. The molecule has 1 amide bonds. The van der Waals surface area contributed by atoms with Gasteiger partial charge in [-0.15, -0.1) is 0 Å². The molecule has 0 bridgehead atoms. The van der Waals surface area contributed by atoms with Gasteiger partial charge in [0.05, 0.1) is 4.90 Å². The minimum atomic E-state index is -3.69. The molecule has 0 heterocycles. The van der Waals surface area contributed by atoms with E-state index in [0.717, 1.165) is 5.56 Å². The lowest BCUT2D eigenvalue weighted by molar-refractivity contribution is 0.0513. The summed E-state index contributed by atoms with van der Waals surface area (Å²) in [6.45, 7) is 7.67. The highest BCUT2D eigenvalue weighted by Crippen LogP contribution is 2.22. The largest absolute Gasteiger partial charge is 0.446 e. The number of hydrogen-bond acceptors (Lipinski definition) is 5. The van der Waals surface area contributed by atoms with Crippen LogP contribution in [-0.2, 0) is 14.8 Å². The minimum absolute atomic E-state index is 0.167. The highest BCUT2D eigenvalue weighted by molar-refractivity contribution is 7.89. The average molecular weight is 381 g/mol. The van der Waals surface area contributed by atoms with E-state index in [0.29, 0.717) is 25.0 Å². The molecule has 1 aliphatic carbocycles. The van der Waals surface area contributed by atoms with E-state index in [9.17, 15) is 13.2 Å². The van der Waals surface area contributed by atoms with Crippen molar-refractivity contribution in [3.05, 3.63) is 29.8 Å². The minimum Gasteiger partial charge on any atom is -0.446 e. The molecule has 0 aliphatic heterocycles. The van der Waals surface area contributed by atoms with Crippen molar-refractivity contribution in [2.45, 2.75) is 63.5 Å². The molecule has 26 heavy (non-hydrogen) atoms. The van der Waals surface area contributed by atoms with E-state index in [2.05, 4.69) is 9.93 Å². The number of nitrogens with zero attached hydrogens (tertiary/aromatic N) is 2. The molecule has 144 valence electrons. The van der Waals surface area contributed by atoms with E-state index in [1.165, 1.54) is 0 Å². The van der Waals surface area contributed by atoms with Crippen molar-refractivity contribution < 1.29 is 17.9 Å². The fourth-order valence-corrected chi connectivity index (χ4v) is 3.24. The normalized spacial score (nSPS) is 19.4. The van der Waals surface area contributed by atoms with Gasteiger partial charge in [-0.3, -0.25) is 0 Å². The maximum atomic E-state index is 12.2. The van der Waals surface area contributed by atoms with Crippen LogP contribution in [0.5, 0.6) is 0 Å². The lowest BCUT2D eigenvalue weighted by Crippen LogP contribution is -2.43. The predicted molar refractivity (Wildman–Crippen MR) is 101 cm³/mol. The van der Waals surface area contributed by atoms with Gasteiger partial charge in [0, 0.05) is 24.7 Å². The molecular formula is C18H27N3O4S. The summed E-state index contributed by atoms with van der Waals surface area (Å²) in [6.07, 6.45) is 0.988. The second kappa shape index (κ2) is 7.65. The second-order valence-electron chi connectivity index (χ2n) is 7.56. The molecule has 1 unspecified atom stereocenters. The molecule has 1 aromatic rings. The molecule has 7 nitrogen and oxygen atoms in total. The number of hydrazone groups is 1. The average Bonchev–Trinajstić information content (AvgIpc) is 2.99. The highest BCUT2D eigenvalue weighted by Gasteiger charge is 2.29. The van der Waals surface area contributed by atoms with Crippen LogP contribution >= 0.6 is 0 Å². The van der Waals surface area contributed by atoms with Gasteiger partial charge in [0.1, 0.15) is 6.10 Å². The lowest BCUT2D eigenvalue weighted by atomic mass is 10.1. The quantitative estimate of drug-likeness (QED) is 0.812. The van der Waals surface area contributed by atoms with Gasteiger partial charge in [0.15, 0.2) is 0 Å². The summed E-state index contributed by atoms with van der Waals surface area (Å²) in [4.78, 5) is 16.1. The number of hydrogen-bond donors (Lipinski definition) is 1. The molecule has 8 heteroatoms. The van der Waals surface area contributed by atoms with E-state index >= 15 is 0 Å². The van der Waals surface area contributed by atoms with Crippen molar-refractivity contribution >= 4 is 21.8 Å². The maximum Gasteiger partial charge on any atom is 0.410 e. The van der Waals surface area contributed by atoms with Crippen LogP contribution in [0.3, 0.4) is 0 Å². The monoisotopic (exact) mass is 381 g/mol. The molecule has 1 saturated carbocycles. The van der Waals surface area contributed by atoms with Gasteiger partial charge in [-0.25, -0.2) is 9.63 Å². The molecular weight excluding hydrogens is 354 g/mol. The zero-order valence-electron chi connectivity index (χ0n) is 15.9. The van der Waals surface area contributed by atoms with Crippen LogP contribution in [-0.4, -0.2) is 43.8 Å². The van der Waals surface area contributed by atoms with Gasteiger partial charge >= 0.3 is 6.09 Å². The molecule has 0 aromatic heterocycles. The van der Waals surface area contributed by atoms with E-state index in [1.54, 1.807) is 36.2 Å². The first-order valence-corrected chi connectivity index (χ1v) is 10.1. The summed E-state index contributed by atoms with van der Waals surface area (Å²) < 4.78 is 30.0. The van der Waals surface area contributed by atoms with E-state index in [4.69, 9.17) is 4.74 Å². The Morgan fingerprint density at radius 3 is 2.46 bits per heavy atom. The van der Waals surface area contributed by atoms with Gasteiger partial charge in [-0.2, -0.15) is 13.5 Å². The number of aryl methyl sites for hydroxylation is 1. The summed E-state index contributed by atoms with van der Waals surface area (Å²) in [7, 11) is -1.99. The zero-order valence-corrected chi connectivity index (χ0v) is 16.8. The van der Waals surface area contributed by atoms with Crippen molar-refractivity contribution in [1.29, 1.82) is 0 Å². The number of carbonyl (C=O) groups is 1. The molecule has 1 aliphatic rings. The Balaban J connectivity index is 1.94. The van der Waals surface area contributed by atoms with E-state index in [-0.39, 0.29) is 22.6 Å². The zero-order chi connectivity index (χ0) is 19.5. The van der Waals surface area contributed by atoms with Crippen molar-refractivity contribution in [2.75, 3.05) is 7.05 Å². The first-order valence-electron chi connectivity index (χ1n) is 8.57. The van der Waals surface area contributed by atoms with Crippen LogP contribution in [0.1, 0.15) is 45.6 Å². The Morgan fingerprint density at radius 2 is 1.88 bits per heavy atom. The van der Waals surface area contributed by atoms with Gasteiger partial charge in [0.25, 0.3) is 10.0 Å². The number of nitrogens with one attached hydrogen (secondary N) is 1. The fraction of sp³-hybridized carbons (Fsp3) is 0.556. The molecule has 2 rings (SSSR count). The van der Waals surface area contributed by atoms with Crippen LogP contribution < -0.4 is 4.83 Å². The van der Waals surface area contributed by atoms with Crippen LogP contribution in [0, 0.1) is 6.92 Å². The second-order valence-corrected chi connectivity index (χ2v) is 9.23. The van der Waals surface area contributed by atoms with Crippen LogP contribution in [0.25, 0.3) is 0 Å². The van der Waals surface area contributed by atoms with Crippen LogP contribution in [0.15, 0.2) is 34.3 Å². The Bertz CT molecular complexity index is 780. The summed E-state index contributed by atoms with van der Waals surface area (Å²) in [5, 5.41) is 4.02. The third-order valence-electron chi connectivity index (χ3n) is 4.42. The van der Waals surface area contributed by atoms with Crippen molar-refractivity contribution in [3.63, 3.8) is 0 Å². The molecule has 1 fully saturated rings. The van der Waals surface area contributed by atoms with Crippen molar-refractivity contribution in [1.82, 2.24) is 9.73 Å². The molecule has 1 atom stereocenters. The van der Waals surface area contributed by atoms with Gasteiger partial charge in [-0.05, 0) is 52.7 Å². The third kappa shape index (κ3) is 5.20. The molecule has 0 radical (unpaired) electrons. The maximum absolute atomic E-state index is 12.2. The van der Waals surface area contributed by atoms with Gasteiger partial charge < -0.3 is 9.64 Å². The fourth-order valence-electron chi connectivity index (χ4n) is 2.39. The highest BCUT2D eigenvalue weighted by atomic mass is 32.2. The Kier molecular flexibility index (Phi) is 5.95. The lowest BCUT2D eigenvalue weighted by Gasteiger charge is -2.31. The van der Waals surface area contributed by atoms with Crippen LogP contribution in [0.2, 0.25) is 0 Å². The van der Waals surface area contributed by atoms with Gasteiger partial charge in [0.2, 0.25) is 0 Å². The molecule has 1 aromatic carbocycles. The molecule has 0 saturated heterocycles. The molecule has 0 spiro atoms. The summed E-state index contributed by atoms with van der Waals surface area (Å²) >= 11 is 0. The first-order chi connectivity index (χ1) is 12.0. The van der Waals surface area contributed by atoms with E-state index in [1.807, 2.05) is 27.7 Å².